The normalized spacial score (nSPS) is 14.0. The molecule has 0 spiro atoms. The number of halogens is 1. The molecule has 2 N–H and O–H groups in total. The Morgan fingerprint density at radius 3 is 2.84 bits per heavy atom. The topological polar surface area (TPSA) is 59.6 Å². The van der Waals surface area contributed by atoms with Crippen molar-refractivity contribution >= 4 is 17.5 Å². The molecule has 1 heterocycles. The van der Waals surface area contributed by atoms with Crippen molar-refractivity contribution in [3.05, 3.63) is 34.4 Å². The van der Waals surface area contributed by atoms with Crippen LogP contribution in [0.5, 0.6) is 11.5 Å². The maximum Gasteiger partial charge on any atom is 0.251 e. The Morgan fingerprint density at radius 2 is 2.16 bits per heavy atom. The summed E-state index contributed by atoms with van der Waals surface area (Å²) in [4.78, 5) is 12.5. The van der Waals surface area contributed by atoms with E-state index in [-0.39, 0.29) is 5.91 Å². The quantitative estimate of drug-likeness (QED) is 0.518. The molecule has 0 bridgehead atoms. The molecule has 0 aliphatic carbocycles. The molecule has 0 radical (unpaired) electrons. The molecule has 5 nitrogen and oxygen atoms in total. The zero-order valence-electron chi connectivity index (χ0n) is 15.0. The molecule has 0 saturated carbocycles. The van der Waals surface area contributed by atoms with Crippen molar-refractivity contribution in [1.82, 2.24) is 10.6 Å². The van der Waals surface area contributed by atoms with Gasteiger partial charge in [-0.2, -0.15) is 0 Å². The van der Waals surface area contributed by atoms with Crippen LogP contribution in [0, 0.1) is 0 Å². The van der Waals surface area contributed by atoms with Crippen molar-refractivity contribution in [3.63, 3.8) is 0 Å². The molecule has 138 valence electrons. The standard InChI is InChI=1S/C19H27ClN2O3/c1-3-5-10-25-18-16(20)11-15(12-17(18)24-4-2)19(23)22-13-14-6-8-21-9-7-14/h6,11-12,21H,3-5,7-10,13H2,1-2H3,(H,22,23). The average Bonchev–Trinajstić information content (AvgIpc) is 2.62. The second-order valence-corrected chi connectivity index (χ2v) is 6.33. The molecule has 1 aromatic carbocycles. The van der Waals surface area contributed by atoms with Crippen LogP contribution in [0.3, 0.4) is 0 Å². The number of carbonyl (C=O) groups is 1. The first-order chi connectivity index (χ1) is 12.2. The predicted molar refractivity (Wildman–Crippen MR) is 101 cm³/mol. The number of unbranched alkanes of at least 4 members (excludes halogenated alkanes) is 1. The number of carbonyl (C=O) groups excluding carboxylic acids is 1. The lowest BCUT2D eigenvalue weighted by molar-refractivity contribution is 0.0956. The van der Waals surface area contributed by atoms with Crippen LogP contribution in [0.2, 0.25) is 5.02 Å². The molecule has 0 atom stereocenters. The molecule has 0 unspecified atom stereocenters. The molecule has 1 aromatic rings. The average molecular weight is 367 g/mol. The third-order valence-electron chi connectivity index (χ3n) is 3.95. The SMILES string of the molecule is CCCCOc1c(Cl)cc(C(=O)NCC2=CCNCC2)cc1OCC. The highest BCUT2D eigenvalue weighted by molar-refractivity contribution is 6.32. The van der Waals surface area contributed by atoms with Crippen molar-refractivity contribution in [2.75, 3.05) is 32.8 Å². The number of rotatable bonds is 9. The van der Waals surface area contributed by atoms with E-state index in [0.29, 0.717) is 41.8 Å². The summed E-state index contributed by atoms with van der Waals surface area (Å²) in [6.45, 7) is 7.40. The second-order valence-electron chi connectivity index (χ2n) is 5.92. The largest absolute Gasteiger partial charge is 0.490 e. The van der Waals surface area contributed by atoms with Crippen LogP contribution in [-0.2, 0) is 0 Å². The molecule has 25 heavy (non-hydrogen) atoms. The number of amides is 1. The second kappa shape index (κ2) is 10.3. The zero-order chi connectivity index (χ0) is 18.1. The number of nitrogens with one attached hydrogen (secondary N) is 2. The van der Waals surface area contributed by atoms with Gasteiger partial charge < -0.3 is 20.1 Å². The van der Waals surface area contributed by atoms with Crippen LogP contribution < -0.4 is 20.1 Å². The molecule has 2 rings (SSSR count). The van der Waals surface area contributed by atoms with Gasteiger partial charge in [0.1, 0.15) is 0 Å². The lowest BCUT2D eigenvalue weighted by atomic mass is 10.1. The van der Waals surface area contributed by atoms with Gasteiger partial charge in [0.15, 0.2) is 11.5 Å². The Hall–Kier alpha value is -1.72. The van der Waals surface area contributed by atoms with Gasteiger partial charge in [-0.25, -0.2) is 0 Å². The van der Waals surface area contributed by atoms with E-state index in [0.717, 1.165) is 32.4 Å². The Balaban J connectivity index is 2.08. The minimum Gasteiger partial charge on any atom is -0.490 e. The molecule has 1 aliphatic heterocycles. The van der Waals surface area contributed by atoms with Crippen LogP contribution in [0.25, 0.3) is 0 Å². The molecular formula is C19H27ClN2O3. The summed E-state index contributed by atoms with van der Waals surface area (Å²) in [5.74, 6) is 0.856. The van der Waals surface area contributed by atoms with Crippen LogP contribution in [0.1, 0.15) is 43.5 Å². The fourth-order valence-electron chi connectivity index (χ4n) is 2.55. The van der Waals surface area contributed by atoms with Crippen molar-refractivity contribution in [1.29, 1.82) is 0 Å². The van der Waals surface area contributed by atoms with E-state index < -0.39 is 0 Å². The fourth-order valence-corrected chi connectivity index (χ4v) is 2.81. The monoisotopic (exact) mass is 366 g/mol. The maximum atomic E-state index is 12.5. The van der Waals surface area contributed by atoms with Crippen molar-refractivity contribution in [2.24, 2.45) is 0 Å². The number of ether oxygens (including phenoxy) is 2. The van der Waals surface area contributed by atoms with Gasteiger partial charge >= 0.3 is 0 Å². The summed E-state index contributed by atoms with van der Waals surface area (Å²) in [7, 11) is 0. The maximum absolute atomic E-state index is 12.5. The van der Waals surface area contributed by atoms with Gasteiger partial charge in [0, 0.05) is 18.7 Å². The Labute approximate surface area is 154 Å². The first kappa shape index (κ1) is 19.6. The van der Waals surface area contributed by atoms with Gasteiger partial charge in [0.2, 0.25) is 0 Å². The smallest absolute Gasteiger partial charge is 0.251 e. The zero-order valence-corrected chi connectivity index (χ0v) is 15.7. The van der Waals surface area contributed by atoms with Crippen molar-refractivity contribution in [2.45, 2.75) is 33.1 Å². The molecule has 1 aliphatic rings. The van der Waals surface area contributed by atoms with Crippen LogP contribution >= 0.6 is 11.6 Å². The summed E-state index contributed by atoms with van der Waals surface area (Å²) < 4.78 is 11.4. The van der Waals surface area contributed by atoms with E-state index in [4.69, 9.17) is 21.1 Å². The summed E-state index contributed by atoms with van der Waals surface area (Å²) in [6.07, 6.45) is 5.05. The highest BCUT2D eigenvalue weighted by atomic mass is 35.5. The molecule has 6 heteroatoms. The first-order valence-electron chi connectivity index (χ1n) is 8.91. The summed E-state index contributed by atoms with van der Waals surface area (Å²) in [5, 5.41) is 6.60. The molecule has 0 saturated heterocycles. The van der Waals surface area contributed by atoms with Crippen molar-refractivity contribution < 1.29 is 14.3 Å². The Morgan fingerprint density at radius 1 is 1.32 bits per heavy atom. The molecule has 1 amide bonds. The number of benzene rings is 1. The third kappa shape index (κ3) is 5.94. The highest BCUT2D eigenvalue weighted by Gasteiger charge is 2.16. The molecular weight excluding hydrogens is 340 g/mol. The van der Waals surface area contributed by atoms with E-state index in [1.54, 1.807) is 12.1 Å². The minimum absolute atomic E-state index is 0.164. The van der Waals surface area contributed by atoms with Gasteiger partial charge in [-0.05, 0) is 38.4 Å². The number of hydrogen-bond donors (Lipinski definition) is 2. The predicted octanol–water partition coefficient (Wildman–Crippen LogP) is 3.57. The van der Waals surface area contributed by atoms with E-state index >= 15 is 0 Å². The highest BCUT2D eigenvalue weighted by Crippen LogP contribution is 2.36. The van der Waals surface area contributed by atoms with Crippen LogP contribution in [0.4, 0.5) is 0 Å². The van der Waals surface area contributed by atoms with Gasteiger partial charge in [0.05, 0.1) is 18.2 Å². The third-order valence-corrected chi connectivity index (χ3v) is 4.23. The molecule has 0 fully saturated rings. The van der Waals surface area contributed by atoms with E-state index in [1.807, 2.05) is 6.92 Å². The fraction of sp³-hybridized carbons (Fsp3) is 0.526. The van der Waals surface area contributed by atoms with E-state index in [1.165, 1.54) is 5.57 Å². The van der Waals surface area contributed by atoms with Gasteiger partial charge in [-0.1, -0.05) is 36.6 Å². The van der Waals surface area contributed by atoms with Crippen molar-refractivity contribution in [3.8, 4) is 11.5 Å². The number of hydrogen-bond acceptors (Lipinski definition) is 4. The summed E-state index contributed by atoms with van der Waals surface area (Å²) >= 11 is 6.34. The van der Waals surface area contributed by atoms with E-state index in [9.17, 15) is 4.79 Å². The Bertz CT molecular complexity index is 617. The minimum atomic E-state index is -0.164. The van der Waals surface area contributed by atoms with Gasteiger partial charge in [-0.3, -0.25) is 4.79 Å². The van der Waals surface area contributed by atoms with Gasteiger partial charge in [-0.15, -0.1) is 0 Å². The summed E-state index contributed by atoms with van der Waals surface area (Å²) in [5.41, 5.74) is 1.72. The Kier molecular flexibility index (Phi) is 8.09. The first-order valence-corrected chi connectivity index (χ1v) is 9.29. The summed E-state index contributed by atoms with van der Waals surface area (Å²) in [6, 6.07) is 3.33. The van der Waals surface area contributed by atoms with Crippen LogP contribution in [-0.4, -0.2) is 38.8 Å². The lowest BCUT2D eigenvalue weighted by Gasteiger charge is -2.16. The van der Waals surface area contributed by atoms with Crippen LogP contribution in [0.15, 0.2) is 23.8 Å². The van der Waals surface area contributed by atoms with Gasteiger partial charge in [0.25, 0.3) is 5.91 Å². The lowest BCUT2D eigenvalue weighted by Crippen LogP contribution is -2.29. The van der Waals surface area contributed by atoms with E-state index in [2.05, 4.69) is 23.6 Å². The molecule has 0 aromatic heterocycles.